The summed E-state index contributed by atoms with van der Waals surface area (Å²) in [4.78, 5) is 17.8. The van der Waals surface area contributed by atoms with Crippen LogP contribution >= 0.6 is 0 Å². The van der Waals surface area contributed by atoms with Gasteiger partial charge < -0.3 is 24.9 Å². The molecular weight excluding hydrogens is 205 g/mol. The number of carboxylic acids is 2. The molecule has 0 heterocycles. The molecule has 0 fully saturated rings. The fourth-order valence-electron chi connectivity index (χ4n) is 0. The quantitative estimate of drug-likeness (QED) is 0.438. The molecule has 0 saturated heterocycles. The van der Waals surface area contributed by atoms with Gasteiger partial charge in [0.2, 0.25) is 0 Å². The van der Waals surface area contributed by atoms with E-state index in [1.165, 1.54) is 0 Å². The van der Waals surface area contributed by atoms with Gasteiger partial charge in [-0.25, -0.2) is 0 Å². The molecule has 0 saturated carbocycles. The third-order valence-corrected chi connectivity index (χ3v) is 0. The first-order valence-corrected chi connectivity index (χ1v) is 2.26. The smallest absolute Gasteiger partial charge is 0.550 e. The summed E-state index contributed by atoms with van der Waals surface area (Å²) in [6, 6.07) is 0. The molecule has 0 rings (SSSR count). The number of aliphatic carboxylic acids is 2. The zero-order valence-corrected chi connectivity index (χ0v) is 9.75. The maximum atomic E-state index is 8.89. The van der Waals surface area contributed by atoms with Gasteiger partial charge in [-0.15, -0.1) is 0 Å². The molecule has 0 aromatic heterocycles. The van der Waals surface area contributed by atoms with Crippen LogP contribution in [0.25, 0.3) is 0 Å². The van der Waals surface area contributed by atoms with Crippen molar-refractivity contribution >= 4 is 11.9 Å². The van der Waals surface area contributed by atoms with Crippen molar-refractivity contribution in [1.82, 2.24) is 0 Å². The molecule has 0 spiro atoms. The Kier molecular flexibility index (Phi) is 46.2. The fraction of sp³-hybridized carbons (Fsp3) is 0.600. The summed E-state index contributed by atoms with van der Waals surface area (Å²) in [5.41, 5.74) is 0. The van der Waals surface area contributed by atoms with E-state index in [0.717, 1.165) is 21.0 Å². The maximum absolute atomic E-state index is 8.89. The van der Waals surface area contributed by atoms with Crippen LogP contribution in [-0.4, -0.2) is 24.2 Å². The molecule has 0 unspecified atom stereocenters. The minimum absolute atomic E-state index is 0. The van der Waals surface area contributed by atoms with Crippen molar-refractivity contribution in [3.05, 3.63) is 0 Å². The van der Waals surface area contributed by atoms with Crippen molar-refractivity contribution < 1.29 is 44.4 Å². The Labute approximate surface area is 77.8 Å². The first kappa shape index (κ1) is 22.4. The number of carbonyl (C=O) groups excluding carboxylic acids is 2. The molecule has 0 aromatic carbocycles. The summed E-state index contributed by atoms with van der Waals surface area (Å²) in [5, 5.41) is 24.8. The average molecular weight is 216 g/mol. The van der Waals surface area contributed by atoms with Crippen LogP contribution in [0, 0.1) is 0 Å². The summed E-state index contributed by atoms with van der Waals surface area (Å²) in [6.45, 7) is 1.94. The largest absolute Gasteiger partial charge is 2.00 e. The van der Waals surface area contributed by atoms with Crippen LogP contribution in [0.1, 0.15) is 13.8 Å². The van der Waals surface area contributed by atoms with E-state index in [1.807, 2.05) is 0 Å². The molecule has 62 valence electrons. The summed E-state index contributed by atoms with van der Waals surface area (Å²) >= 11 is 0. The van der Waals surface area contributed by atoms with Crippen LogP contribution in [0.3, 0.4) is 0 Å². The first-order valence-electron chi connectivity index (χ1n) is 2.26. The Balaban J connectivity index is -0.0000000339. The van der Waals surface area contributed by atoms with E-state index in [1.54, 1.807) is 0 Å². The number of aliphatic hydroxyl groups is 1. The second-order valence-corrected chi connectivity index (χ2v) is 0.983. The maximum Gasteiger partial charge on any atom is 2.00 e. The van der Waals surface area contributed by atoms with Gasteiger partial charge in [-0.3, -0.25) is 0 Å². The van der Waals surface area contributed by atoms with Crippen LogP contribution in [-0.2, 0) is 29.1 Å². The standard InChI is InChI=1S/2C2H4O2.CH4O.Zn/c2*1-2(3)4;1-2;/h2*1H3,(H,3,4);2H,1H3;/q;;;+2/p-2. The van der Waals surface area contributed by atoms with Crippen molar-refractivity contribution in [3.63, 3.8) is 0 Å². The van der Waals surface area contributed by atoms with Crippen molar-refractivity contribution in [3.8, 4) is 0 Å². The average Bonchev–Trinajstić information content (AvgIpc) is 1.66. The Hall–Kier alpha value is -0.477. The van der Waals surface area contributed by atoms with E-state index in [0.29, 0.717) is 0 Å². The van der Waals surface area contributed by atoms with Gasteiger partial charge >= 0.3 is 19.5 Å². The molecule has 6 heteroatoms. The summed E-state index contributed by atoms with van der Waals surface area (Å²) in [5.74, 6) is -2.17. The van der Waals surface area contributed by atoms with Gasteiger partial charge in [0.1, 0.15) is 0 Å². The van der Waals surface area contributed by atoms with E-state index in [-0.39, 0.29) is 19.5 Å². The molecule has 0 bridgehead atoms. The van der Waals surface area contributed by atoms with Crippen LogP contribution in [0.4, 0.5) is 0 Å². The zero-order valence-electron chi connectivity index (χ0n) is 6.79. The summed E-state index contributed by atoms with van der Waals surface area (Å²) < 4.78 is 0. The summed E-state index contributed by atoms with van der Waals surface area (Å²) in [7, 11) is 1.00. The number of carbonyl (C=O) groups is 2. The number of hydrogen-bond donors (Lipinski definition) is 1. The fourth-order valence-corrected chi connectivity index (χ4v) is 0. The number of hydrogen-bond acceptors (Lipinski definition) is 5. The number of rotatable bonds is 0. The second-order valence-electron chi connectivity index (χ2n) is 0.983. The van der Waals surface area contributed by atoms with Crippen molar-refractivity contribution in [2.45, 2.75) is 13.8 Å². The van der Waals surface area contributed by atoms with Crippen LogP contribution < -0.4 is 10.2 Å². The Morgan fingerprint density at radius 1 is 1.00 bits per heavy atom. The third-order valence-electron chi connectivity index (χ3n) is 0. The minimum atomic E-state index is -1.08. The topological polar surface area (TPSA) is 100 Å². The van der Waals surface area contributed by atoms with Gasteiger partial charge in [0.05, 0.1) is 0 Å². The van der Waals surface area contributed by atoms with Gasteiger partial charge in [-0.05, 0) is 13.8 Å². The molecule has 5 nitrogen and oxygen atoms in total. The van der Waals surface area contributed by atoms with Gasteiger partial charge in [0.25, 0.3) is 0 Å². The predicted molar refractivity (Wildman–Crippen MR) is 29.5 cm³/mol. The predicted octanol–water partition coefficient (Wildman–Crippen LogP) is -2.88. The normalized spacial score (nSPS) is 5.09. The van der Waals surface area contributed by atoms with Crippen molar-refractivity contribution in [2.75, 3.05) is 7.11 Å². The molecule has 0 atom stereocenters. The van der Waals surface area contributed by atoms with E-state index in [4.69, 9.17) is 24.9 Å². The summed E-state index contributed by atoms with van der Waals surface area (Å²) in [6.07, 6.45) is 0. The first-order chi connectivity index (χ1) is 4.46. The molecule has 0 aliphatic rings. The molecule has 0 aromatic rings. The monoisotopic (exact) mass is 214 g/mol. The van der Waals surface area contributed by atoms with E-state index in [2.05, 4.69) is 0 Å². The molecule has 0 amide bonds. The van der Waals surface area contributed by atoms with Gasteiger partial charge in [-0.1, -0.05) is 0 Å². The van der Waals surface area contributed by atoms with Crippen molar-refractivity contribution in [2.24, 2.45) is 0 Å². The molecule has 0 aliphatic heterocycles. The van der Waals surface area contributed by atoms with Gasteiger partial charge in [-0.2, -0.15) is 0 Å². The zero-order chi connectivity index (χ0) is 9.15. The Morgan fingerprint density at radius 3 is 1.00 bits per heavy atom. The molecule has 1 N–H and O–H groups in total. The van der Waals surface area contributed by atoms with E-state index in [9.17, 15) is 0 Å². The molecule has 0 radical (unpaired) electrons. The molecular formula is C5H10O5Zn. The van der Waals surface area contributed by atoms with E-state index < -0.39 is 11.9 Å². The second kappa shape index (κ2) is 22.7. The molecule has 11 heavy (non-hydrogen) atoms. The number of aliphatic hydroxyl groups excluding tert-OH is 1. The van der Waals surface area contributed by atoms with Crippen molar-refractivity contribution in [1.29, 1.82) is 0 Å². The molecule has 0 aliphatic carbocycles. The Morgan fingerprint density at radius 2 is 1.00 bits per heavy atom. The van der Waals surface area contributed by atoms with Crippen LogP contribution in [0.5, 0.6) is 0 Å². The Bertz CT molecular complexity index is 72.9. The van der Waals surface area contributed by atoms with Gasteiger partial charge in [0, 0.05) is 19.0 Å². The third kappa shape index (κ3) is 2370. The van der Waals surface area contributed by atoms with Gasteiger partial charge in [0.15, 0.2) is 0 Å². The SMILES string of the molecule is CC(=O)[O-].CC(=O)[O-].CO.[Zn+2]. The van der Waals surface area contributed by atoms with Crippen LogP contribution in [0.2, 0.25) is 0 Å². The minimum Gasteiger partial charge on any atom is -0.550 e. The van der Waals surface area contributed by atoms with Crippen LogP contribution in [0.15, 0.2) is 0 Å². The van der Waals surface area contributed by atoms with E-state index >= 15 is 0 Å². The number of carboxylic acid groups (broad SMARTS) is 2.